The number of aromatic nitrogens is 3. The summed E-state index contributed by atoms with van der Waals surface area (Å²) in [6.45, 7) is 4.56. The maximum absolute atomic E-state index is 12.3. The fourth-order valence-corrected chi connectivity index (χ4v) is 1.79. The molecule has 0 unspecified atom stereocenters. The molecule has 0 saturated carbocycles. The number of H-pyrrole nitrogens is 1. The molecule has 0 fully saturated rings. The van der Waals surface area contributed by atoms with Crippen LogP contribution in [0.4, 0.5) is 4.79 Å². The zero-order chi connectivity index (χ0) is 15.1. The number of carbonyl (C=O) groups is 2. The van der Waals surface area contributed by atoms with Crippen LogP contribution in [0.2, 0.25) is 0 Å². The third-order valence-corrected chi connectivity index (χ3v) is 2.84. The summed E-state index contributed by atoms with van der Waals surface area (Å²) in [5, 5.41) is 15.1. The number of hydrogen-bond donors (Lipinski definition) is 2. The molecule has 1 aromatic heterocycles. The third kappa shape index (κ3) is 4.87. The summed E-state index contributed by atoms with van der Waals surface area (Å²) in [6.07, 6.45) is 1.89. The molecule has 0 spiro atoms. The normalized spacial score (nSPS) is 10.6. The first-order chi connectivity index (χ1) is 9.41. The van der Waals surface area contributed by atoms with Crippen molar-refractivity contribution in [2.45, 2.75) is 39.3 Å². The largest absolute Gasteiger partial charge is 0.481 e. The van der Waals surface area contributed by atoms with E-state index in [-0.39, 0.29) is 18.5 Å². The number of urea groups is 1. The van der Waals surface area contributed by atoms with E-state index in [1.165, 1.54) is 11.2 Å². The summed E-state index contributed by atoms with van der Waals surface area (Å²) in [4.78, 5) is 30.0. The first-order valence-electron chi connectivity index (χ1n) is 6.49. The lowest BCUT2D eigenvalue weighted by molar-refractivity contribution is -0.137. The van der Waals surface area contributed by atoms with Crippen molar-refractivity contribution in [2.24, 2.45) is 0 Å². The number of aliphatic carboxylic acids is 1. The van der Waals surface area contributed by atoms with Crippen LogP contribution < -0.4 is 0 Å². The monoisotopic (exact) mass is 283 g/mol. The van der Waals surface area contributed by atoms with Gasteiger partial charge in [-0.2, -0.15) is 5.10 Å². The van der Waals surface area contributed by atoms with E-state index in [0.717, 1.165) is 0 Å². The SMILES string of the molecule is CC(C)N(CCCC(=O)O)C(=O)N(C)Cc1ncn[nH]1. The zero-order valence-corrected chi connectivity index (χ0v) is 12.0. The van der Waals surface area contributed by atoms with Crippen LogP contribution in [0.25, 0.3) is 0 Å². The van der Waals surface area contributed by atoms with Crippen LogP contribution in [0, 0.1) is 0 Å². The van der Waals surface area contributed by atoms with E-state index in [9.17, 15) is 9.59 Å². The molecule has 0 atom stereocenters. The number of carboxylic acids is 1. The molecule has 0 aliphatic rings. The van der Waals surface area contributed by atoms with Gasteiger partial charge < -0.3 is 14.9 Å². The maximum atomic E-state index is 12.3. The number of amides is 2. The summed E-state index contributed by atoms with van der Waals surface area (Å²) < 4.78 is 0. The average molecular weight is 283 g/mol. The Morgan fingerprint density at radius 1 is 1.45 bits per heavy atom. The van der Waals surface area contributed by atoms with Crippen molar-refractivity contribution in [1.82, 2.24) is 25.0 Å². The van der Waals surface area contributed by atoms with Crippen LogP contribution in [-0.4, -0.2) is 61.7 Å². The zero-order valence-electron chi connectivity index (χ0n) is 12.0. The topological polar surface area (TPSA) is 102 Å². The first-order valence-corrected chi connectivity index (χ1v) is 6.49. The van der Waals surface area contributed by atoms with Crippen LogP contribution in [0.5, 0.6) is 0 Å². The van der Waals surface area contributed by atoms with E-state index in [4.69, 9.17) is 5.11 Å². The number of carboxylic acid groups (broad SMARTS) is 1. The molecule has 20 heavy (non-hydrogen) atoms. The molecular weight excluding hydrogens is 262 g/mol. The molecule has 0 saturated heterocycles. The van der Waals surface area contributed by atoms with Gasteiger partial charge in [-0.25, -0.2) is 9.78 Å². The minimum atomic E-state index is -0.851. The minimum Gasteiger partial charge on any atom is -0.481 e. The summed E-state index contributed by atoms with van der Waals surface area (Å²) in [5.41, 5.74) is 0. The number of nitrogens with zero attached hydrogens (tertiary/aromatic N) is 4. The van der Waals surface area contributed by atoms with Crippen LogP contribution in [0.15, 0.2) is 6.33 Å². The second kappa shape index (κ2) is 7.46. The number of carbonyl (C=O) groups excluding carboxylic acids is 1. The van der Waals surface area contributed by atoms with Gasteiger partial charge in [0.2, 0.25) is 0 Å². The van der Waals surface area contributed by atoms with Crippen molar-refractivity contribution in [3.05, 3.63) is 12.2 Å². The highest BCUT2D eigenvalue weighted by Crippen LogP contribution is 2.07. The summed E-state index contributed by atoms with van der Waals surface area (Å²) in [6, 6.07) is -0.143. The Balaban J connectivity index is 2.56. The van der Waals surface area contributed by atoms with Gasteiger partial charge in [0, 0.05) is 26.1 Å². The predicted octanol–water partition coefficient (Wildman–Crippen LogP) is 0.932. The molecule has 0 aromatic carbocycles. The van der Waals surface area contributed by atoms with E-state index in [1.807, 2.05) is 13.8 Å². The number of rotatable bonds is 7. The van der Waals surface area contributed by atoms with Gasteiger partial charge in [0.15, 0.2) is 0 Å². The van der Waals surface area contributed by atoms with Crippen molar-refractivity contribution in [3.8, 4) is 0 Å². The van der Waals surface area contributed by atoms with Crippen LogP contribution in [0.3, 0.4) is 0 Å². The summed E-state index contributed by atoms with van der Waals surface area (Å²) in [5.74, 6) is -0.244. The quantitative estimate of drug-likeness (QED) is 0.775. The van der Waals surface area contributed by atoms with Crippen molar-refractivity contribution in [2.75, 3.05) is 13.6 Å². The molecule has 1 aromatic rings. The molecule has 0 aliphatic carbocycles. The van der Waals surface area contributed by atoms with E-state index in [1.54, 1.807) is 11.9 Å². The fraction of sp³-hybridized carbons (Fsp3) is 0.667. The molecule has 8 nitrogen and oxygen atoms in total. The molecule has 2 amide bonds. The molecule has 1 heterocycles. The van der Waals surface area contributed by atoms with Crippen molar-refractivity contribution in [3.63, 3.8) is 0 Å². The number of aromatic amines is 1. The standard InChI is InChI=1S/C12H21N5O3/c1-9(2)17(6-4-5-11(18)19)12(20)16(3)7-10-13-8-14-15-10/h8-9H,4-7H2,1-3H3,(H,18,19)(H,13,14,15). The number of hydrogen-bond acceptors (Lipinski definition) is 4. The Morgan fingerprint density at radius 3 is 2.65 bits per heavy atom. The highest BCUT2D eigenvalue weighted by molar-refractivity contribution is 5.74. The third-order valence-electron chi connectivity index (χ3n) is 2.84. The molecule has 112 valence electrons. The van der Waals surface area contributed by atoms with Crippen LogP contribution >= 0.6 is 0 Å². The van der Waals surface area contributed by atoms with Gasteiger partial charge in [-0.1, -0.05) is 0 Å². The molecular formula is C12H21N5O3. The predicted molar refractivity (Wildman–Crippen MR) is 72.0 cm³/mol. The Hall–Kier alpha value is -2.12. The minimum absolute atomic E-state index is 0.00784. The lowest BCUT2D eigenvalue weighted by Crippen LogP contribution is -2.45. The van der Waals surface area contributed by atoms with Crippen LogP contribution in [0.1, 0.15) is 32.5 Å². The Kier molecular flexibility index (Phi) is 5.95. The molecule has 0 radical (unpaired) electrons. The lowest BCUT2D eigenvalue weighted by Gasteiger charge is -2.30. The van der Waals surface area contributed by atoms with E-state index < -0.39 is 5.97 Å². The second-order valence-corrected chi connectivity index (χ2v) is 4.86. The summed E-state index contributed by atoms with van der Waals surface area (Å²) in [7, 11) is 1.68. The van der Waals surface area contributed by atoms with Gasteiger partial charge in [0.1, 0.15) is 12.2 Å². The van der Waals surface area contributed by atoms with Gasteiger partial charge in [0.25, 0.3) is 0 Å². The Labute approximate surface area is 117 Å². The smallest absolute Gasteiger partial charge is 0.320 e. The lowest BCUT2D eigenvalue weighted by atomic mass is 10.2. The van der Waals surface area contributed by atoms with Gasteiger partial charge in [-0.05, 0) is 20.3 Å². The molecule has 2 N–H and O–H groups in total. The van der Waals surface area contributed by atoms with E-state index >= 15 is 0 Å². The fourth-order valence-electron chi connectivity index (χ4n) is 1.79. The molecule has 8 heteroatoms. The van der Waals surface area contributed by atoms with Gasteiger partial charge in [-0.15, -0.1) is 0 Å². The van der Waals surface area contributed by atoms with Gasteiger partial charge in [0.05, 0.1) is 6.54 Å². The van der Waals surface area contributed by atoms with Crippen molar-refractivity contribution in [1.29, 1.82) is 0 Å². The molecule has 0 aliphatic heterocycles. The first kappa shape index (κ1) is 15.9. The highest BCUT2D eigenvalue weighted by atomic mass is 16.4. The maximum Gasteiger partial charge on any atom is 0.320 e. The average Bonchev–Trinajstić information content (AvgIpc) is 2.85. The van der Waals surface area contributed by atoms with E-state index in [2.05, 4.69) is 15.2 Å². The Morgan fingerprint density at radius 2 is 2.15 bits per heavy atom. The molecule has 1 rings (SSSR count). The Bertz CT molecular complexity index is 432. The van der Waals surface area contributed by atoms with Gasteiger partial charge in [-0.3, -0.25) is 9.89 Å². The number of nitrogens with one attached hydrogen (secondary N) is 1. The van der Waals surface area contributed by atoms with E-state index in [0.29, 0.717) is 25.3 Å². The second-order valence-electron chi connectivity index (χ2n) is 4.86. The van der Waals surface area contributed by atoms with Crippen molar-refractivity contribution >= 4 is 12.0 Å². The van der Waals surface area contributed by atoms with Gasteiger partial charge >= 0.3 is 12.0 Å². The van der Waals surface area contributed by atoms with Crippen LogP contribution in [-0.2, 0) is 11.3 Å². The molecule has 0 bridgehead atoms. The summed E-state index contributed by atoms with van der Waals surface area (Å²) >= 11 is 0. The van der Waals surface area contributed by atoms with Crippen molar-refractivity contribution < 1.29 is 14.7 Å². The highest BCUT2D eigenvalue weighted by Gasteiger charge is 2.21.